The lowest BCUT2D eigenvalue weighted by atomic mass is 10.2. The minimum atomic E-state index is -0.410. The van der Waals surface area contributed by atoms with Crippen LogP contribution in [0.3, 0.4) is 0 Å². The Morgan fingerprint density at radius 2 is 1.84 bits per heavy atom. The van der Waals surface area contributed by atoms with Gasteiger partial charge in [-0.15, -0.1) is 12.4 Å². The molecule has 6 heteroatoms. The van der Waals surface area contributed by atoms with Gasteiger partial charge in [0.15, 0.2) is 0 Å². The first-order valence-corrected chi connectivity index (χ1v) is 8.18. The fraction of sp³-hybridized carbons (Fsp3) is 0.316. The molecule has 2 aromatic carbocycles. The molecule has 0 unspecified atom stereocenters. The first-order chi connectivity index (χ1) is 11.7. The van der Waals surface area contributed by atoms with E-state index in [1.807, 2.05) is 54.6 Å². The normalized spacial score (nSPS) is 19.1. The third-order valence-corrected chi connectivity index (χ3v) is 4.03. The smallest absolute Gasteiger partial charge is 0.253 e. The zero-order valence-electron chi connectivity index (χ0n) is 13.9. The van der Waals surface area contributed by atoms with E-state index in [0.717, 1.165) is 23.4 Å². The molecule has 0 spiro atoms. The maximum Gasteiger partial charge on any atom is 0.253 e. The van der Waals surface area contributed by atoms with Gasteiger partial charge in [0.1, 0.15) is 18.5 Å². The topological polar surface area (TPSA) is 73.6 Å². The maximum absolute atomic E-state index is 12.2. The summed E-state index contributed by atoms with van der Waals surface area (Å²) >= 11 is 0. The molecule has 2 aromatic rings. The third kappa shape index (κ3) is 5.46. The van der Waals surface area contributed by atoms with Crippen LogP contribution in [0.4, 0.5) is 5.69 Å². The molecule has 1 aliphatic heterocycles. The highest BCUT2D eigenvalue weighted by molar-refractivity contribution is 5.94. The lowest BCUT2D eigenvalue weighted by Gasteiger charge is -2.13. The number of ether oxygens (including phenoxy) is 2. The first-order valence-electron chi connectivity index (χ1n) is 8.18. The largest absolute Gasteiger partial charge is 0.489 e. The van der Waals surface area contributed by atoms with Crippen molar-refractivity contribution in [1.29, 1.82) is 0 Å². The highest BCUT2D eigenvalue weighted by atomic mass is 35.5. The average Bonchev–Trinajstić information content (AvgIpc) is 3.11. The fourth-order valence-corrected chi connectivity index (χ4v) is 2.67. The van der Waals surface area contributed by atoms with Gasteiger partial charge in [0.25, 0.3) is 5.91 Å². The molecule has 0 bridgehead atoms. The second-order valence-electron chi connectivity index (χ2n) is 5.85. The summed E-state index contributed by atoms with van der Waals surface area (Å²) in [6, 6.07) is 17.3. The van der Waals surface area contributed by atoms with Gasteiger partial charge in [-0.1, -0.05) is 30.3 Å². The Morgan fingerprint density at radius 3 is 2.48 bits per heavy atom. The van der Waals surface area contributed by atoms with E-state index in [1.54, 1.807) is 0 Å². The molecule has 0 aromatic heterocycles. The van der Waals surface area contributed by atoms with Gasteiger partial charge in [-0.25, -0.2) is 0 Å². The lowest BCUT2D eigenvalue weighted by molar-refractivity contribution is -0.126. The minimum absolute atomic E-state index is 0. The number of nitrogens with one attached hydrogen (secondary N) is 1. The van der Waals surface area contributed by atoms with Gasteiger partial charge in [0, 0.05) is 12.2 Å². The van der Waals surface area contributed by atoms with E-state index in [1.165, 1.54) is 0 Å². The molecule has 3 rings (SSSR count). The number of hydrogen-bond acceptors (Lipinski definition) is 4. The predicted molar refractivity (Wildman–Crippen MR) is 100 cm³/mol. The molecular formula is C19H23ClN2O3. The third-order valence-electron chi connectivity index (χ3n) is 4.03. The van der Waals surface area contributed by atoms with Gasteiger partial charge < -0.3 is 20.5 Å². The Bertz CT molecular complexity index is 664. The number of halogens is 1. The molecule has 1 amide bonds. The zero-order valence-corrected chi connectivity index (χ0v) is 14.7. The Kier molecular flexibility index (Phi) is 7.25. The van der Waals surface area contributed by atoms with Crippen LogP contribution in [0.25, 0.3) is 0 Å². The molecule has 134 valence electrons. The van der Waals surface area contributed by atoms with Crippen molar-refractivity contribution in [3.63, 3.8) is 0 Å². The van der Waals surface area contributed by atoms with Crippen LogP contribution in [0.1, 0.15) is 18.4 Å². The van der Waals surface area contributed by atoms with Crippen LogP contribution in [0.5, 0.6) is 5.75 Å². The zero-order chi connectivity index (χ0) is 16.8. The van der Waals surface area contributed by atoms with Gasteiger partial charge in [0.2, 0.25) is 0 Å². The van der Waals surface area contributed by atoms with Crippen LogP contribution in [-0.4, -0.2) is 24.7 Å². The molecule has 1 fully saturated rings. The summed E-state index contributed by atoms with van der Waals surface area (Å²) in [5.41, 5.74) is 7.41. The summed E-state index contributed by atoms with van der Waals surface area (Å²) in [4.78, 5) is 12.2. The summed E-state index contributed by atoms with van der Waals surface area (Å²) in [5, 5.41) is 2.87. The number of carbonyl (C=O) groups excluding carboxylic acids is 1. The second-order valence-corrected chi connectivity index (χ2v) is 5.85. The van der Waals surface area contributed by atoms with Crippen molar-refractivity contribution in [3.05, 3.63) is 60.2 Å². The van der Waals surface area contributed by atoms with E-state index in [2.05, 4.69) is 5.32 Å². The number of anilines is 1. The van der Waals surface area contributed by atoms with Gasteiger partial charge >= 0.3 is 0 Å². The molecular weight excluding hydrogens is 340 g/mol. The molecule has 0 aliphatic carbocycles. The number of nitrogens with two attached hydrogens (primary N) is 1. The van der Waals surface area contributed by atoms with E-state index < -0.39 is 6.10 Å². The molecule has 1 saturated heterocycles. The molecule has 1 aliphatic rings. The van der Waals surface area contributed by atoms with E-state index in [4.69, 9.17) is 15.2 Å². The maximum atomic E-state index is 12.2. The van der Waals surface area contributed by atoms with E-state index in [0.29, 0.717) is 19.6 Å². The monoisotopic (exact) mass is 362 g/mol. The van der Waals surface area contributed by atoms with Crippen LogP contribution < -0.4 is 15.8 Å². The van der Waals surface area contributed by atoms with Crippen LogP contribution in [0, 0.1) is 0 Å². The van der Waals surface area contributed by atoms with Crippen molar-refractivity contribution < 1.29 is 14.3 Å². The summed E-state index contributed by atoms with van der Waals surface area (Å²) < 4.78 is 11.3. The molecule has 1 heterocycles. The van der Waals surface area contributed by atoms with Crippen molar-refractivity contribution in [2.75, 3.05) is 11.9 Å². The molecule has 0 saturated carbocycles. The van der Waals surface area contributed by atoms with Gasteiger partial charge in [-0.05, 0) is 42.7 Å². The lowest BCUT2D eigenvalue weighted by Crippen LogP contribution is -2.29. The Balaban J connectivity index is 0.00000225. The molecule has 3 N–H and O–H groups in total. The van der Waals surface area contributed by atoms with Crippen molar-refractivity contribution in [3.8, 4) is 5.75 Å². The highest BCUT2D eigenvalue weighted by Gasteiger charge is 2.29. The van der Waals surface area contributed by atoms with Crippen LogP contribution in [0.2, 0.25) is 0 Å². The molecule has 5 nitrogen and oxygen atoms in total. The summed E-state index contributed by atoms with van der Waals surface area (Å²) in [6.45, 7) is 0.972. The Labute approximate surface area is 153 Å². The molecule has 0 radical (unpaired) electrons. The summed E-state index contributed by atoms with van der Waals surface area (Å²) in [7, 11) is 0. The molecule has 2 atom stereocenters. The number of benzene rings is 2. The SMILES string of the molecule is Cl.NC[C@H]1CC[C@@H](C(=O)Nc2ccc(OCc3ccccc3)cc2)O1. The average molecular weight is 363 g/mol. The highest BCUT2D eigenvalue weighted by Crippen LogP contribution is 2.22. The molecule has 25 heavy (non-hydrogen) atoms. The first kappa shape index (κ1) is 19.2. The number of carbonyl (C=O) groups is 1. The van der Waals surface area contributed by atoms with E-state index in [-0.39, 0.29) is 24.4 Å². The van der Waals surface area contributed by atoms with Gasteiger partial charge in [-0.3, -0.25) is 4.79 Å². The van der Waals surface area contributed by atoms with E-state index in [9.17, 15) is 4.79 Å². The standard InChI is InChI=1S/C19H22N2O3.ClH/c20-12-17-10-11-18(24-17)19(22)21-15-6-8-16(9-7-15)23-13-14-4-2-1-3-5-14;/h1-9,17-18H,10-13,20H2,(H,21,22);1H/t17-,18+;/m1./s1. The van der Waals surface area contributed by atoms with E-state index >= 15 is 0 Å². The number of rotatable bonds is 6. The van der Waals surface area contributed by atoms with Crippen LogP contribution in [0.15, 0.2) is 54.6 Å². The van der Waals surface area contributed by atoms with Crippen LogP contribution in [-0.2, 0) is 16.1 Å². The summed E-state index contributed by atoms with van der Waals surface area (Å²) in [5.74, 6) is 0.640. The predicted octanol–water partition coefficient (Wildman–Crippen LogP) is 3.13. The van der Waals surface area contributed by atoms with Gasteiger partial charge in [0.05, 0.1) is 6.10 Å². The van der Waals surface area contributed by atoms with Crippen molar-refractivity contribution in [1.82, 2.24) is 0 Å². The van der Waals surface area contributed by atoms with Crippen molar-refractivity contribution in [2.45, 2.75) is 31.7 Å². The summed E-state index contributed by atoms with van der Waals surface area (Å²) in [6.07, 6.45) is 1.13. The Morgan fingerprint density at radius 1 is 1.12 bits per heavy atom. The fourth-order valence-electron chi connectivity index (χ4n) is 2.67. The number of hydrogen-bond donors (Lipinski definition) is 2. The van der Waals surface area contributed by atoms with Crippen molar-refractivity contribution in [2.24, 2.45) is 5.73 Å². The van der Waals surface area contributed by atoms with Crippen molar-refractivity contribution >= 4 is 24.0 Å². The Hall–Kier alpha value is -2.08. The van der Waals surface area contributed by atoms with Crippen LogP contribution >= 0.6 is 12.4 Å². The minimum Gasteiger partial charge on any atom is -0.489 e. The quantitative estimate of drug-likeness (QED) is 0.828. The second kappa shape index (κ2) is 9.42. The number of amides is 1. The van der Waals surface area contributed by atoms with Gasteiger partial charge in [-0.2, -0.15) is 0 Å².